The Morgan fingerprint density at radius 1 is 0.829 bits per heavy atom. The topological polar surface area (TPSA) is 48.2 Å². The van der Waals surface area contributed by atoms with Crippen LogP contribution in [-0.4, -0.2) is 28.5 Å². The highest BCUT2D eigenvalue weighted by molar-refractivity contribution is 6.14. The van der Waals surface area contributed by atoms with Gasteiger partial charge >= 0.3 is 0 Å². The summed E-state index contributed by atoms with van der Waals surface area (Å²) in [7, 11) is 2.13. The SMILES string of the molecule is CN1C(c2ccccc2)=CC(C2=CCCC=C2)=NC1c1ccc(-c2ccc(O)c(C3=NC4=C(C=CCC4)C3)c2)cc1. The van der Waals surface area contributed by atoms with Crippen LogP contribution in [0.2, 0.25) is 0 Å². The van der Waals surface area contributed by atoms with E-state index in [1.807, 2.05) is 6.07 Å². The summed E-state index contributed by atoms with van der Waals surface area (Å²) in [4.78, 5) is 12.4. The van der Waals surface area contributed by atoms with Crippen LogP contribution < -0.4 is 0 Å². The van der Waals surface area contributed by atoms with E-state index < -0.39 is 0 Å². The molecule has 3 aromatic rings. The third kappa shape index (κ3) is 4.91. The molecular weight excluding hydrogens is 502 g/mol. The Labute approximate surface area is 241 Å². The minimum atomic E-state index is -0.135. The van der Waals surface area contributed by atoms with Gasteiger partial charge in [-0.25, -0.2) is 0 Å². The van der Waals surface area contributed by atoms with E-state index in [2.05, 4.69) is 109 Å². The third-order valence-corrected chi connectivity index (χ3v) is 8.36. The normalized spacial score (nSPS) is 19.9. The van der Waals surface area contributed by atoms with E-state index >= 15 is 0 Å². The Hall–Kier alpha value is -4.70. The first-order valence-corrected chi connectivity index (χ1v) is 14.5. The summed E-state index contributed by atoms with van der Waals surface area (Å²) >= 11 is 0. The maximum atomic E-state index is 10.7. The van der Waals surface area contributed by atoms with Gasteiger partial charge in [0.25, 0.3) is 0 Å². The van der Waals surface area contributed by atoms with Crippen LogP contribution in [0.3, 0.4) is 0 Å². The predicted octanol–water partition coefficient (Wildman–Crippen LogP) is 8.56. The second kappa shape index (κ2) is 10.7. The van der Waals surface area contributed by atoms with Gasteiger partial charge in [0.15, 0.2) is 0 Å². The van der Waals surface area contributed by atoms with Gasteiger partial charge in [-0.1, -0.05) is 91.0 Å². The van der Waals surface area contributed by atoms with Crippen LogP contribution in [0, 0.1) is 0 Å². The van der Waals surface area contributed by atoms with Crippen molar-refractivity contribution in [2.75, 3.05) is 7.05 Å². The molecule has 7 rings (SSSR count). The number of allylic oxidation sites excluding steroid dienone is 9. The molecule has 0 bridgehead atoms. The quantitative estimate of drug-likeness (QED) is 0.356. The molecule has 2 heterocycles. The second-order valence-electron chi connectivity index (χ2n) is 11.0. The van der Waals surface area contributed by atoms with Crippen molar-refractivity contribution in [2.24, 2.45) is 9.98 Å². The lowest BCUT2D eigenvalue weighted by molar-refractivity contribution is 0.364. The van der Waals surface area contributed by atoms with Crippen molar-refractivity contribution >= 4 is 17.1 Å². The minimum absolute atomic E-state index is 0.135. The van der Waals surface area contributed by atoms with Gasteiger partial charge in [-0.2, -0.15) is 0 Å². The predicted molar refractivity (Wildman–Crippen MR) is 169 cm³/mol. The highest BCUT2D eigenvalue weighted by atomic mass is 16.3. The Kier molecular flexibility index (Phi) is 6.60. The summed E-state index contributed by atoms with van der Waals surface area (Å²) in [6, 6.07) is 25.1. The molecule has 0 fully saturated rings. The second-order valence-corrected chi connectivity index (χ2v) is 11.0. The lowest BCUT2D eigenvalue weighted by atomic mass is 9.95. The maximum absolute atomic E-state index is 10.7. The number of phenolic OH excluding ortho intramolecular Hbond substituents is 1. The first-order valence-electron chi connectivity index (χ1n) is 14.5. The summed E-state index contributed by atoms with van der Waals surface area (Å²) in [5.41, 5.74) is 12.1. The van der Waals surface area contributed by atoms with Crippen LogP contribution in [0.1, 0.15) is 55.0 Å². The largest absolute Gasteiger partial charge is 0.507 e. The zero-order valence-corrected chi connectivity index (χ0v) is 23.3. The zero-order chi connectivity index (χ0) is 27.8. The summed E-state index contributed by atoms with van der Waals surface area (Å²) in [5.74, 6) is 0.282. The van der Waals surface area contributed by atoms with Gasteiger partial charge in [0.05, 0.1) is 11.4 Å². The molecule has 1 atom stereocenters. The highest BCUT2D eigenvalue weighted by Gasteiger charge is 2.26. The smallest absolute Gasteiger partial charge is 0.147 e. The Morgan fingerprint density at radius 2 is 1.63 bits per heavy atom. The highest BCUT2D eigenvalue weighted by Crippen LogP contribution is 2.37. The van der Waals surface area contributed by atoms with Crippen LogP contribution in [-0.2, 0) is 0 Å². The van der Waals surface area contributed by atoms with E-state index in [1.54, 1.807) is 6.07 Å². The summed E-state index contributed by atoms with van der Waals surface area (Å²) < 4.78 is 0. The van der Waals surface area contributed by atoms with Crippen LogP contribution in [0.5, 0.6) is 5.75 Å². The summed E-state index contributed by atoms with van der Waals surface area (Å²) in [6.07, 6.45) is 18.1. The first-order chi connectivity index (χ1) is 20.1. The lowest BCUT2D eigenvalue weighted by Gasteiger charge is -2.34. The molecule has 3 aromatic carbocycles. The molecule has 0 amide bonds. The van der Waals surface area contributed by atoms with Crippen LogP contribution >= 0.6 is 0 Å². The van der Waals surface area contributed by atoms with E-state index in [1.165, 1.54) is 16.7 Å². The van der Waals surface area contributed by atoms with Gasteiger partial charge in [-0.3, -0.25) is 9.98 Å². The molecule has 4 heteroatoms. The van der Waals surface area contributed by atoms with Gasteiger partial charge < -0.3 is 10.0 Å². The Balaban J connectivity index is 1.20. The number of benzene rings is 3. The number of rotatable bonds is 5. The summed E-state index contributed by atoms with van der Waals surface area (Å²) in [6.45, 7) is 0. The molecule has 4 nitrogen and oxygen atoms in total. The molecule has 41 heavy (non-hydrogen) atoms. The van der Waals surface area contributed by atoms with E-state index in [0.717, 1.165) is 77.2 Å². The number of nitrogens with zero attached hydrogens (tertiary/aromatic N) is 3. The average Bonchev–Trinajstić information content (AvgIpc) is 3.47. The first kappa shape index (κ1) is 25.3. The van der Waals surface area contributed by atoms with E-state index in [0.29, 0.717) is 0 Å². The fourth-order valence-corrected chi connectivity index (χ4v) is 6.10. The molecule has 0 saturated heterocycles. The molecular formula is C37H33N3O. The zero-order valence-electron chi connectivity index (χ0n) is 23.3. The van der Waals surface area contributed by atoms with Crippen LogP contribution in [0.25, 0.3) is 16.8 Å². The minimum Gasteiger partial charge on any atom is -0.507 e. The van der Waals surface area contributed by atoms with Crippen LogP contribution in [0.15, 0.2) is 136 Å². The molecule has 0 spiro atoms. The molecule has 1 N–H and O–H groups in total. The van der Waals surface area contributed by atoms with Gasteiger partial charge in [-0.15, -0.1) is 0 Å². The molecule has 0 radical (unpaired) electrons. The van der Waals surface area contributed by atoms with Gasteiger partial charge in [0, 0.05) is 30.4 Å². The average molecular weight is 536 g/mol. The number of aromatic hydroxyl groups is 1. The van der Waals surface area contributed by atoms with Gasteiger partial charge in [0.2, 0.25) is 0 Å². The standard InChI is InChI=1S/C37H33N3O/c1-40-35(27-12-6-3-7-13-27)24-33(26-10-4-2-5-11-26)39-37(40)28-18-16-25(17-19-28)29-20-21-36(41)31(22-29)34-23-30-14-8-9-15-32(30)38-34/h3-4,6-8,10-14,16-22,24,37,41H,2,5,9,15,23H2,1H3. The Bertz CT molecular complexity index is 1720. The van der Waals surface area contributed by atoms with Crippen molar-refractivity contribution in [2.45, 2.75) is 38.3 Å². The summed E-state index contributed by atoms with van der Waals surface area (Å²) in [5, 5.41) is 10.7. The van der Waals surface area contributed by atoms with Gasteiger partial charge in [-0.05, 0) is 77.3 Å². The number of aliphatic imine (C=N–C) groups is 2. The monoisotopic (exact) mass is 535 g/mol. The molecule has 0 aromatic heterocycles. The molecule has 1 unspecified atom stereocenters. The van der Waals surface area contributed by atoms with E-state index in [4.69, 9.17) is 9.98 Å². The lowest BCUT2D eigenvalue weighted by Crippen LogP contribution is -2.27. The van der Waals surface area contributed by atoms with Crippen LogP contribution in [0.4, 0.5) is 0 Å². The van der Waals surface area contributed by atoms with Crippen molar-refractivity contribution in [3.63, 3.8) is 0 Å². The fourth-order valence-electron chi connectivity index (χ4n) is 6.10. The van der Waals surface area contributed by atoms with Gasteiger partial charge in [0.1, 0.15) is 11.9 Å². The third-order valence-electron chi connectivity index (χ3n) is 8.36. The maximum Gasteiger partial charge on any atom is 0.147 e. The number of hydrogen-bond donors (Lipinski definition) is 1. The molecule has 4 aliphatic rings. The van der Waals surface area contributed by atoms with E-state index in [-0.39, 0.29) is 11.9 Å². The fraction of sp³-hybridized carbons (Fsp3) is 0.189. The molecule has 0 saturated carbocycles. The van der Waals surface area contributed by atoms with Crippen molar-refractivity contribution in [3.8, 4) is 16.9 Å². The number of hydrogen-bond acceptors (Lipinski definition) is 4. The van der Waals surface area contributed by atoms with Crippen molar-refractivity contribution in [1.29, 1.82) is 0 Å². The molecule has 2 aliphatic carbocycles. The van der Waals surface area contributed by atoms with Crippen molar-refractivity contribution < 1.29 is 5.11 Å². The number of phenols is 1. The van der Waals surface area contributed by atoms with E-state index in [9.17, 15) is 5.11 Å². The molecule has 202 valence electrons. The molecule has 2 aliphatic heterocycles. The van der Waals surface area contributed by atoms with Crippen molar-refractivity contribution in [1.82, 2.24) is 4.90 Å². The van der Waals surface area contributed by atoms with Crippen molar-refractivity contribution in [3.05, 3.63) is 143 Å². The Morgan fingerprint density at radius 3 is 2.41 bits per heavy atom.